The number of aromatic nitrogens is 2. The van der Waals surface area contributed by atoms with Crippen LogP contribution in [0.3, 0.4) is 0 Å². The maximum Gasteiger partial charge on any atom is 0.269 e. The molecule has 0 saturated heterocycles. The zero-order chi connectivity index (χ0) is 13.2. The van der Waals surface area contributed by atoms with Gasteiger partial charge in [0, 0.05) is 6.61 Å². The molecular weight excluding hydrogens is 274 g/mol. The fraction of sp³-hybridized carbons (Fsp3) is 0.455. The molecule has 0 fully saturated rings. The zero-order valence-electron chi connectivity index (χ0n) is 10.1. The molecule has 0 aliphatic rings. The van der Waals surface area contributed by atoms with Gasteiger partial charge in [-0.1, -0.05) is 16.8 Å². The molecule has 7 heteroatoms. The van der Waals surface area contributed by atoms with Crippen LogP contribution in [0.4, 0.5) is 0 Å². The molecule has 18 heavy (non-hydrogen) atoms. The summed E-state index contributed by atoms with van der Waals surface area (Å²) in [5.41, 5.74) is 5.31. The number of thiophene rings is 1. The van der Waals surface area contributed by atoms with E-state index in [9.17, 15) is 0 Å². The van der Waals surface area contributed by atoms with Crippen molar-refractivity contribution in [1.29, 1.82) is 0 Å². The van der Waals surface area contributed by atoms with Gasteiger partial charge in [0.15, 0.2) is 5.82 Å². The lowest BCUT2D eigenvalue weighted by atomic mass is 10.1. The van der Waals surface area contributed by atoms with Gasteiger partial charge in [-0.3, -0.25) is 0 Å². The lowest BCUT2D eigenvalue weighted by molar-refractivity contribution is 0.0962. The van der Waals surface area contributed by atoms with Crippen LogP contribution in [0.5, 0.6) is 0 Å². The van der Waals surface area contributed by atoms with Crippen LogP contribution in [0.1, 0.15) is 19.7 Å². The molecule has 0 spiro atoms. The van der Waals surface area contributed by atoms with E-state index < -0.39 is 5.54 Å². The Bertz CT molecular complexity index is 524. The summed E-state index contributed by atoms with van der Waals surface area (Å²) in [6, 6.07) is 1.78. The molecule has 1 atom stereocenters. The molecule has 2 N–H and O–H groups in total. The number of halogens is 1. The van der Waals surface area contributed by atoms with E-state index in [1.165, 1.54) is 11.3 Å². The van der Waals surface area contributed by atoms with Crippen LogP contribution in [0.25, 0.3) is 10.8 Å². The molecule has 0 aliphatic carbocycles. The normalized spacial score (nSPS) is 14.7. The monoisotopic (exact) mass is 287 g/mol. The van der Waals surface area contributed by atoms with Gasteiger partial charge in [0.25, 0.3) is 5.89 Å². The van der Waals surface area contributed by atoms with Crippen LogP contribution >= 0.6 is 22.9 Å². The Kier molecular flexibility index (Phi) is 4.01. The summed E-state index contributed by atoms with van der Waals surface area (Å²) in [5.74, 6) is 0.800. The van der Waals surface area contributed by atoms with E-state index >= 15 is 0 Å². The standard InChI is InChI=1S/C11H14ClN3O2S/c1-3-16-6-11(2,13)10-14-9(17-15-10)8-7(12)4-5-18-8/h4-5H,3,6,13H2,1-2H3. The summed E-state index contributed by atoms with van der Waals surface area (Å²) in [7, 11) is 0. The Labute approximate surface area is 114 Å². The molecule has 0 bridgehead atoms. The van der Waals surface area contributed by atoms with Crippen molar-refractivity contribution in [2.24, 2.45) is 5.73 Å². The van der Waals surface area contributed by atoms with Crippen molar-refractivity contribution in [3.8, 4) is 10.8 Å². The van der Waals surface area contributed by atoms with Gasteiger partial charge in [-0.2, -0.15) is 4.98 Å². The van der Waals surface area contributed by atoms with Crippen LogP contribution in [0.15, 0.2) is 16.0 Å². The van der Waals surface area contributed by atoms with Crippen LogP contribution in [-0.2, 0) is 10.3 Å². The van der Waals surface area contributed by atoms with Crippen molar-refractivity contribution in [1.82, 2.24) is 10.1 Å². The quantitative estimate of drug-likeness (QED) is 0.915. The fourth-order valence-corrected chi connectivity index (χ4v) is 2.43. The molecule has 5 nitrogen and oxygen atoms in total. The second-order valence-corrected chi connectivity index (χ2v) is 5.40. The van der Waals surface area contributed by atoms with Crippen molar-refractivity contribution in [3.63, 3.8) is 0 Å². The molecule has 2 heterocycles. The zero-order valence-corrected chi connectivity index (χ0v) is 11.7. The van der Waals surface area contributed by atoms with Gasteiger partial charge >= 0.3 is 0 Å². The Hall–Kier alpha value is -0.950. The van der Waals surface area contributed by atoms with Gasteiger partial charge in [0.1, 0.15) is 10.4 Å². The third-order valence-corrected chi connectivity index (χ3v) is 3.68. The van der Waals surface area contributed by atoms with Crippen LogP contribution in [0.2, 0.25) is 5.02 Å². The average molecular weight is 288 g/mol. The molecule has 0 amide bonds. The highest BCUT2D eigenvalue weighted by molar-refractivity contribution is 7.14. The minimum absolute atomic E-state index is 0.334. The van der Waals surface area contributed by atoms with Gasteiger partial charge < -0.3 is 15.0 Å². The van der Waals surface area contributed by atoms with Gasteiger partial charge in [-0.25, -0.2) is 0 Å². The highest BCUT2D eigenvalue weighted by Gasteiger charge is 2.28. The largest absolute Gasteiger partial charge is 0.379 e. The summed E-state index contributed by atoms with van der Waals surface area (Å²) in [5, 5.41) is 6.36. The molecule has 98 valence electrons. The van der Waals surface area contributed by atoms with E-state index in [1.807, 2.05) is 12.3 Å². The average Bonchev–Trinajstić information content (AvgIpc) is 2.94. The topological polar surface area (TPSA) is 74.2 Å². The van der Waals surface area contributed by atoms with Crippen molar-refractivity contribution < 1.29 is 9.26 Å². The number of hydrogen-bond donors (Lipinski definition) is 1. The second kappa shape index (κ2) is 5.36. The Morgan fingerprint density at radius 1 is 1.61 bits per heavy atom. The summed E-state index contributed by atoms with van der Waals surface area (Å²) >= 11 is 7.45. The van der Waals surface area contributed by atoms with E-state index in [2.05, 4.69) is 10.1 Å². The maximum absolute atomic E-state index is 6.09. The van der Waals surface area contributed by atoms with Crippen LogP contribution < -0.4 is 5.73 Å². The number of ether oxygens (including phenoxy) is 1. The molecule has 2 rings (SSSR count). The first-order valence-electron chi connectivity index (χ1n) is 5.49. The molecular formula is C11H14ClN3O2S. The maximum atomic E-state index is 6.09. The summed E-state index contributed by atoms with van der Waals surface area (Å²) < 4.78 is 10.5. The molecule has 2 aromatic heterocycles. The summed E-state index contributed by atoms with van der Waals surface area (Å²) in [4.78, 5) is 5.03. The van der Waals surface area contributed by atoms with Gasteiger partial charge in [0.2, 0.25) is 0 Å². The molecule has 1 unspecified atom stereocenters. The SMILES string of the molecule is CCOCC(C)(N)c1noc(-c2sccc2Cl)n1. The third kappa shape index (κ3) is 2.72. The van der Waals surface area contributed by atoms with Crippen LogP contribution in [-0.4, -0.2) is 23.4 Å². The van der Waals surface area contributed by atoms with E-state index in [1.54, 1.807) is 13.0 Å². The number of nitrogens with zero attached hydrogens (tertiary/aromatic N) is 2. The van der Waals surface area contributed by atoms with Crippen molar-refractivity contribution in [3.05, 3.63) is 22.3 Å². The highest BCUT2D eigenvalue weighted by atomic mass is 35.5. The van der Waals surface area contributed by atoms with Crippen molar-refractivity contribution in [2.45, 2.75) is 19.4 Å². The van der Waals surface area contributed by atoms with Crippen LogP contribution in [0, 0.1) is 0 Å². The lowest BCUT2D eigenvalue weighted by Gasteiger charge is -2.19. The van der Waals surface area contributed by atoms with E-state index in [0.29, 0.717) is 30.0 Å². The van der Waals surface area contributed by atoms with E-state index in [-0.39, 0.29) is 0 Å². The molecule has 0 aliphatic heterocycles. The minimum Gasteiger partial charge on any atom is -0.379 e. The predicted octanol–water partition coefficient (Wildman–Crippen LogP) is 2.66. The first kappa shape index (κ1) is 13.5. The first-order valence-corrected chi connectivity index (χ1v) is 6.74. The Morgan fingerprint density at radius 2 is 2.39 bits per heavy atom. The third-order valence-electron chi connectivity index (χ3n) is 2.35. The second-order valence-electron chi connectivity index (χ2n) is 4.08. The number of hydrogen-bond acceptors (Lipinski definition) is 6. The first-order chi connectivity index (χ1) is 8.54. The fourth-order valence-electron chi connectivity index (χ4n) is 1.37. The number of nitrogens with two attached hydrogens (primary N) is 1. The molecule has 0 saturated carbocycles. The van der Waals surface area contributed by atoms with Crippen molar-refractivity contribution >= 4 is 22.9 Å². The molecule has 2 aromatic rings. The van der Waals surface area contributed by atoms with E-state index in [0.717, 1.165) is 4.88 Å². The van der Waals surface area contributed by atoms with Gasteiger partial charge in [0.05, 0.1) is 11.6 Å². The summed E-state index contributed by atoms with van der Waals surface area (Å²) in [6.07, 6.45) is 0. The Balaban J connectivity index is 2.23. The van der Waals surface area contributed by atoms with E-state index in [4.69, 9.17) is 26.6 Å². The lowest BCUT2D eigenvalue weighted by Crippen LogP contribution is -2.39. The highest BCUT2D eigenvalue weighted by Crippen LogP contribution is 2.32. The van der Waals surface area contributed by atoms with Crippen molar-refractivity contribution in [2.75, 3.05) is 13.2 Å². The predicted molar refractivity (Wildman–Crippen MR) is 70.7 cm³/mol. The van der Waals surface area contributed by atoms with Gasteiger partial charge in [-0.15, -0.1) is 11.3 Å². The smallest absolute Gasteiger partial charge is 0.269 e. The van der Waals surface area contributed by atoms with Gasteiger partial charge in [-0.05, 0) is 25.3 Å². The summed E-state index contributed by atoms with van der Waals surface area (Å²) in [6.45, 7) is 4.63. The molecule has 0 aromatic carbocycles. The minimum atomic E-state index is -0.776. The molecule has 0 radical (unpaired) electrons. The number of rotatable bonds is 5. The Morgan fingerprint density at radius 3 is 3.00 bits per heavy atom.